The highest BCUT2D eigenvalue weighted by molar-refractivity contribution is 8.01. The zero-order chi connectivity index (χ0) is 12.3. The molecule has 0 radical (unpaired) electrons. The molecule has 96 valence electrons. The van der Waals surface area contributed by atoms with Crippen LogP contribution in [-0.2, 0) is 0 Å². The summed E-state index contributed by atoms with van der Waals surface area (Å²) < 4.78 is 1.52. The second-order valence-electron chi connectivity index (χ2n) is 4.61. The first-order valence-corrected chi connectivity index (χ1v) is 9.20. The van der Waals surface area contributed by atoms with Crippen LogP contribution in [0.2, 0.25) is 0 Å². The van der Waals surface area contributed by atoms with Crippen molar-refractivity contribution in [2.45, 2.75) is 48.7 Å². The van der Waals surface area contributed by atoms with E-state index in [-0.39, 0.29) is 0 Å². The fraction of sp³-hybridized carbons (Fsp3) is 0.692. The van der Waals surface area contributed by atoms with E-state index in [0.717, 1.165) is 5.25 Å². The van der Waals surface area contributed by atoms with Gasteiger partial charge in [-0.25, -0.2) is 0 Å². The molecule has 1 nitrogen and oxygen atoms in total. The molecule has 4 heteroatoms. The standard InChI is InChI=1S/C13H21NS3/c1-4-15-8-9(2)14-12-7-10(3)17-13-11(12)5-6-16-13/h5-6,9-10,12,14H,4,7-8H2,1-3H3/t9?,10-,12?/m0/s1. The Labute approximate surface area is 117 Å². The lowest BCUT2D eigenvalue weighted by molar-refractivity contribution is 0.448. The molecule has 0 aliphatic carbocycles. The van der Waals surface area contributed by atoms with E-state index in [1.165, 1.54) is 27.7 Å². The predicted octanol–water partition coefficient (Wildman–Crippen LogP) is 4.40. The molecule has 0 spiro atoms. The number of fused-ring (bicyclic) bond motifs is 1. The van der Waals surface area contributed by atoms with Crippen LogP contribution in [0, 0.1) is 0 Å². The zero-order valence-electron chi connectivity index (χ0n) is 10.7. The van der Waals surface area contributed by atoms with Crippen molar-refractivity contribution in [1.82, 2.24) is 5.32 Å². The van der Waals surface area contributed by atoms with Gasteiger partial charge >= 0.3 is 0 Å². The van der Waals surface area contributed by atoms with Gasteiger partial charge in [-0.1, -0.05) is 13.8 Å². The molecule has 1 N–H and O–H groups in total. The molecule has 1 aliphatic heterocycles. The summed E-state index contributed by atoms with van der Waals surface area (Å²) >= 11 is 5.96. The summed E-state index contributed by atoms with van der Waals surface area (Å²) in [6.07, 6.45) is 1.26. The largest absolute Gasteiger partial charge is 0.307 e. The SMILES string of the molecule is CCSCC(C)NC1C[C@H](C)Sc2sccc21. The zero-order valence-corrected chi connectivity index (χ0v) is 13.2. The van der Waals surface area contributed by atoms with Crippen molar-refractivity contribution in [2.75, 3.05) is 11.5 Å². The van der Waals surface area contributed by atoms with Gasteiger partial charge in [-0.05, 0) is 36.1 Å². The van der Waals surface area contributed by atoms with Crippen molar-refractivity contribution in [3.63, 3.8) is 0 Å². The van der Waals surface area contributed by atoms with E-state index in [0.29, 0.717) is 12.1 Å². The second kappa shape index (κ2) is 6.50. The van der Waals surface area contributed by atoms with Gasteiger partial charge < -0.3 is 5.32 Å². The van der Waals surface area contributed by atoms with E-state index in [1.807, 2.05) is 34.9 Å². The molecule has 0 aromatic carbocycles. The molecule has 0 saturated heterocycles. The van der Waals surface area contributed by atoms with Gasteiger partial charge in [-0.3, -0.25) is 0 Å². The number of rotatable bonds is 5. The van der Waals surface area contributed by atoms with Gasteiger partial charge in [0.15, 0.2) is 0 Å². The minimum absolute atomic E-state index is 0.569. The minimum atomic E-state index is 0.569. The third-order valence-electron chi connectivity index (χ3n) is 2.97. The van der Waals surface area contributed by atoms with Gasteiger partial charge in [0.05, 0.1) is 4.21 Å². The highest BCUT2D eigenvalue weighted by Gasteiger charge is 2.26. The quantitative estimate of drug-likeness (QED) is 0.862. The van der Waals surface area contributed by atoms with Crippen LogP contribution in [0.3, 0.4) is 0 Å². The van der Waals surface area contributed by atoms with Crippen LogP contribution >= 0.6 is 34.9 Å². The van der Waals surface area contributed by atoms with E-state index < -0.39 is 0 Å². The van der Waals surface area contributed by atoms with Crippen LogP contribution in [0.1, 0.15) is 38.8 Å². The molecule has 17 heavy (non-hydrogen) atoms. The summed E-state index contributed by atoms with van der Waals surface area (Å²) in [5.74, 6) is 2.43. The van der Waals surface area contributed by atoms with E-state index in [4.69, 9.17) is 0 Å². The molecular weight excluding hydrogens is 266 g/mol. The lowest BCUT2D eigenvalue weighted by Crippen LogP contribution is -2.35. The molecule has 0 bridgehead atoms. The Kier molecular flexibility index (Phi) is 5.27. The minimum Gasteiger partial charge on any atom is -0.307 e. The topological polar surface area (TPSA) is 12.0 Å². The number of hydrogen-bond acceptors (Lipinski definition) is 4. The van der Waals surface area contributed by atoms with E-state index in [1.54, 1.807) is 0 Å². The van der Waals surface area contributed by atoms with Crippen molar-refractivity contribution in [1.29, 1.82) is 0 Å². The summed E-state index contributed by atoms with van der Waals surface area (Å²) in [7, 11) is 0. The third-order valence-corrected chi connectivity index (χ3v) is 6.46. The van der Waals surface area contributed by atoms with E-state index in [2.05, 4.69) is 37.5 Å². The number of thiophene rings is 1. The fourth-order valence-corrected chi connectivity index (χ4v) is 5.45. The normalized spacial score (nSPS) is 25.6. The molecule has 1 aliphatic rings. The summed E-state index contributed by atoms with van der Waals surface area (Å²) in [4.78, 5) is 0. The average Bonchev–Trinajstić information content (AvgIpc) is 2.74. The summed E-state index contributed by atoms with van der Waals surface area (Å²) in [5.41, 5.74) is 1.53. The Morgan fingerprint density at radius 3 is 3.18 bits per heavy atom. The van der Waals surface area contributed by atoms with E-state index in [9.17, 15) is 0 Å². The first kappa shape index (κ1) is 13.8. The number of hydrogen-bond donors (Lipinski definition) is 1. The van der Waals surface area contributed by atoms with Gasteiger partial charge in [0, 0.05) is 23.1 Å². The van der Waals surface area contributed by atoms with E-state index >= 15 is 0 Å². The molecule has 1 aromatic heterocycles. The Morgan fingerprint density at radius 2 is 2.41 bits per heavy atom. The number of nitrogens with one attached hydrogen (secondary N) is 1. The molecular formula is C13H21NS3. The van der Waals surface area contributed by atoms with Crippen LogP contribution < -0.4 is 5.32 Å². The van der Waals surface area contributed by atoms with Crippen molar-refractivity contribution in [3.8, 4) is 0 Å². The summed E-state index contributed by atoms with van der Waals surface area (Å²) in [5, 5.41) is 6.77. The Bertz CT molecular complexity index is 350. The molecule has 0 saturated carbocycles. The van der Waals surface area contributed by atoms with Crippen molar-refractivity contribution in [2.24, 2.45) is 0 Å². The van der Waals surface area contributed by atoms with Gasteiger partial charge in [0.2, 0.25) is 0 Å². The lowest BCUT2D eigenvalue weighted by atomic mass is 10.0. The molecule has 1 aromatic rings. The molecule has 2 rings (SSSR count). The molecule has 3 atom stereocenters. The molecule has 2 heterocycles. The van der Waals surface area contributed by atoms with Crippen molar-refractivity contribution < 1.29 is 0 Å². The highest BCUT2D eigenvalue weighted by Crippen LogP contribution is 2.43. The maximum absolute atomic E-state index is 3.80. The monoisotopic (exact) mass is 287 g/mol. The van der Waals surface area contributed by atoms with Crippen LogP contribution in [0.25, 0.3) is 0 Å². The number of thioether (sulfide) groups is 2. The third kappa shape index (κ3) is 3.66. The maximum Gasteiger partial charge on any atom is 0.0649 e. The van der Waals surface area contributed by atoms with Crippen molar-refractivity contribution in [3.05, 3.63) is 17.0 Å². The first-order chi connectivity index (χ1) is 8.20. The molecule has 2 unspecified atom stereocenters. The highest BCUT2D eigenvalue weighted by atomic mass is 32.2. The van der Waals surface area contributed by atoms with Crippen molar-refractivity contribution >= 4 is 34.9 Å². The van der Waals surface area contributed by atoms with Crippen LogP contribution in [0.4, 0.5) is 0 Å². The smallest absolute Gasteiger partial charge is 0.0649 e. The molecule has 0 amide bonds. The average molecular weight is 288 g/mol. The van der Waals surface area contributed by atoms with Crippen LogP contribution in [-0.4, -0.2) is 22.8 Å². The Balaban J connectivity index is 1.97. The van der Waals surface area contributed by atoms with Crippen LogP contribution in [0.15, 0.2) is 15.7 Å². The Morgan fingerprint density at radius 1 is 1.59 bits per heavy atom. The predicted molar refractivity (Wildman–Crippen MR) is 82.6 cm³/mol. The Hall–Kier alpha value is 0.360. The first-order valence-electron chi connectivity index (χ1n) is 6.28. The molecule has 0 fully saturated rings. The van der Waals surface area contributed by atoms with Gasteiger partial charge in [-0.15, -0.1) is 23.1 Å². The van der Waals surface area contributed by atoms with Gasteiger partial charge in [0.1, 0.15) is 0 Å². The van der Waals surface area contributed by atoms with Gasteiger partial charge in [0.25, 0.3) is 0 Å². The second-order valence-corrected chi connectivity index (χ2v) is 8.55. The van der Waals surface area contributed by atoms with Crippen LogP contribution in [0.5, 0.6) is 0 Å². The summed E-state index contributed by atoms with van der Waals surface area (Å²) in [6, 6.07) is 3.48. The maximum atomic E-state index is 3.80. The summed E-state index contributed by atoms with van der Waals surface area (Å²) in [6.45, 7) is 6.88. The lowest BCUT2D eigenvalue weighted by Gasteiger charge is -2.30. The fourth-order valence-electron chi connectivity index (χ4n) is 2.19. The van der Waals surface area contributed by atoms with Gasteiger partial charge in [-0.2, -0.15) is 11.8 Å².